The molecule has 0 aromatic carbocycles. The van der Waals surface area contributed by atoms with Crippen LogP contribution in [0.1, 0.15) is 31.6 Å². The second-order valence-corrected chi connectivity index (χ2v) is 6.51. The van der Waals surface area contributed by atoms with Crippen molar-refractivity contribution in [2.24, 2.45) is 5.73 Å². The van der Waals surface area contributed by atoms with Gasteiger partial charge in [-0.1, -0.05) is 6.92 Å². The topological polar surface area (TPSA) is 70.8 Å². The molecule has 0 spiro atoms. The summed E-state index contributed by atoms with van der Waals surface area (Å²) < 4.78 is 0. The third-order valence-electron chi connectivity index (χ3n) is 4.02. The van der Waals surface area contributed by atoms with Crippen molar-refractivity contribution >= 4 is 17.3 Å². The molecule has 3 heterocycles. The van der Waals surface area contributed by atoms with Crippen LogP contribution in [0.25, 0.3) is 10.7 Å². The maximum absolute atomic E-state index is 6.14. The van der Waals surface area contributed by atoms with E-state index in [4.69, 9.17) is 5.73 Å². The predicted molar refractivity (Wildman–Crippen MR) is 83.1 cm³/mol. The van der Waals surface area contributed by atoms with E-state index in [-0.39, 0.29) is 6.04 Å². The highest BCUT2D eigenvalue weighted by atomic mass is 32.1. The fraction of sp³-hybridized carbons (Fsp3) is 0.571. The van der Waals surface area contributed by atoms with Crippen molar-refractivity contribution in [1.29, 1.82) is 0 Å². The third kappa shape index (κ3) is 2.45. The minimum absolute atomic E-state index is 0.208. The van der Waals surface area contributed by atoms with Crippen LogP contribution in [0.15, 0.2) is 12.1 Å². The lowest BCUT2D eigenvalue weighted by molar-refractivity contribution is 0.416. The third-order valence-corrected chi connectivity index (χ3v) is 5.26. The molecule has 1 aliphatic heterocycles. The fourth-order valence-corrected chi connectivity index (χ4v) is 3.53. The average Bonchev–Trinajstić information content (AvgIpc) is 3.09. The zero-order chi connectivity index (χ0) is 14.1. The molecule has 0 radical (unpaired) electrons. The van der Waals surface area contributed by atoms with Crippen LogP contribution in [0.4, 0.5) is 5.95 Å². The van der Waals surface area contributed by atoms with E-state index in [0.29, 0.717) is 6.04 Å². The van der Waals surface area contributed by atoms with Crippen molar-refractivity contribution in [3.8, 4) is 10.7 Å². The summed E-state index contributed by atoms with van der Waals surface area (Å²) >= 11 is 1.77. The van der Waals surface area contributed by atoms with E-state index in [1.165, 1.54) is 4.88 Å². The summed E-state index contributed by atoms with van der Waals surface area (Å²) in [5.41, 5.74) is 6.14. The van der Waals surface area contributed by atoms with Gasteiger partial charge in [-0.2, -0.15) is 4.98 Å². The van der Waals surface area contributed by atoms with Crippen LogP contribution in [0.3, 0.4) is 0 Å². The summed E-state index contributed by atoms with van der Waals surface area (Å²) in [6, 6.07) is 4.77. The molecular weight excluding hydrogens is 270 g/mol. The first-order valence-electron chi connectivity index (χ1n) is 7.22. The first-order valence-corrected chi connectivity index (χ1v) is 8.04. The minimum Gasteiger partial charge on any atom is -0.335 e. The van der Waals surface area contributed by atoms with Gasteiger partial charge in [0.1, 0.15) is 0 Å². The quantitative estimate of drug-likeness (QED) is 0.911. The second-order valence-electron chi connectivity index (χ2n) is 5.34. The molecular formula is C14H21N5S. The fourth-order valence-electron chi connectivity index (χ4n) is 2.64. The maximum atomic E-state index is 6.14. The largest absolute Gasteiger partial charge is 0.335 e. The van der Waals surface area contributed by atoms with Crippen LogP contribution in [0.5, 0.6) is 0 Å². The number of aryl methyl sites for hydroxylation is 1. The SMILES string of the molecule is CCc1ccc(-c2nc(N3CCCC(N)C3C)n[nH]2)s1. The average molecular weight is 291 g/mol. The summed E-state index contributed by atoms with van der Waals surface area (Å²) in [4.78, 5) is 9.38. The molecule has 5 nitrogen and oxygen atoms in total. The highest BCUT2D eigenvalue weighted by Crippen LogP contribution is 2.28. The Morgan fingerprint density at radius 2 is 2.35 bits per heavy atom. The molecule has 2 atom stereocenters. The first kappa shape index (κ1) is 13.6. The van der Waals surface area contributed by atoms with E-state index in [1.807, 2.05) is 0 Å². The number of nitrogens with one attached hydrogen (secondary N) is 1. The van der Waals surface area contributed by atoms with Gasteiger partial charge in [-0.15, -0.1) is 16.4 Å². The van der Waals surface area contributed by atoms with Crippen LogP contribution in [-0.4, -0.2) is 33.8 Å². The number of thiophene rings is 1. The van der Waals surface area contributed by atoms with Crippen molar-refractivity contribution in [1.82, 2.24) is 15.2 Å². The molecule has 0 aliphatic carbocycles. The minimum atomic E-state index is 0.208. The van der Waals surface area contributed by atoms with Crippen molar-refractivity contribution in [3.05, 3.63) is 17.0 Å². The summed E-state index contributed by atoms with van der Waals surface area (Å²) in [5, 5.41) is 7.44. The van der Waals surface area contributed by atoms with Crippen molar-refractivity contribution in [2.45, 2.75) is 45.2 Å². The highest BCUT2D eigenvalue weighted by Gasteiger charge is 2.27. The van der Waals surface area contributed by atoms with Gasteiger partial charge in [0.05, 0.1) is 4.88 Å². The summed E-state index contributed by atoms with van der Waals surface area (Å²) in [6.07, 6.45) is 3.25. The standard InChI is InChI=1S/C14H21N5S/c1-3-10-6-7-12(20-10)13-16-14(18-17-13)19-8-4-5-11(15)9(19)2/h6-7,9,11H,3-5,8,15H2,1-2H3,(H,16,17,18). The molecule has 1 aliphatic rings. The zero-order valence-electron chi connectivity index (χ0n) is 12.0. The molecule has 1 saturated heterocycles. The van der Waals surface area contributed by atoms with Gasteiger partial charge in [0.25, 0.3) is 0 Å². The molecule has 0 amide bonds. The number of anilines is 1. The summed E-state index contributed by atoms with van der Waals surface area (Å²) in [7, 11) is 0. The maximum Gasteiger partial charge on any atom is 0.245 e. The van der Waals surface area contributed by atoms with Crippen LogP contribution < -0.4 is 10.6 Å². The van der Waals surface area contributed by atoms with Crippen LogP contribution in [0.2, 0.25) is 0 Å². The molecule has 2 aromatic heterocycles. The lowest BCUT2D eigenvalue weighted by Gasteiger charge is -2.36. The van der Waals surface area contributed by atoms with Gasteiger partial charge in [0, 0.05) is 23.5 Å². The van der Waals surface area contributed by atoms with Crippen molar-refractivity contribution < 1.29 is 0 Å². The molecule has 20 heavy (non-hydrogen) atoms. The van der Waals surface area contributed by atoms with Crippen LogP contribution in [0, 0.1) is 0 Å². The Morgan fingerprint density at radius 1 is 1.50 bits per heavy atom. The Kier molecular flexibility index (Phi) is 3.76. The van der Waals surface area contributed by atoms with Gasteiger partial charge < -0.3 is 10.6 Å². The molecule has 3 rings (SSSR count). The number of nitrogens with zero attached hydrogens (tertiary/aromatic N) is 3. The number of hydrogen-bond donors (Lipinski definition) is 2. The van der Waals surface area contributed by atoms with E-state index < -0.39 is 0 Å². The number of rotatable bonds is 3. The number of piperidine rings is 1. The Morgan fingerprint density at radius 3 is 3.10 bits per heavy atom. The molecule has 2 unspecified atom stereocenters. The number of H-pyrrole nitrogens is 1. The van der Waals surface area contributed by atoms with Gasteiger partial charge >= 0.3 is 0 Å². The van der Waals surface area contributed by atoms with Gasteiger partial charge in [-0.05, 0) is 38.3 Å². The second kappa shape index (κ2) is 5.54. The Bertz CT molecular complexity index is 576. The molecule has 2 aromatic rings. The lowest BCUT2D eigenvalue weighted by atomic mass is 9.99. The van der Waals surface area contributed by atoms with Crippen molar-refractivity contribution in [2.75, 3.05) is 11.4 Å². The zero-order valence-corrected chi connectivity index (χ0v) is 12.8. The lowest BCUT2D eigenvalue weighted by Crippen LogP contribution is -2.50. The molecule has 108 valence electrons. The predicted octanol–water partition coefficient (Wildman–Crippen LogP) is 2.41. The first-order chi connectivity index (χ1) is 9.69. The number of aromatic amines is 1. The molecule has 0 saturated carbocycles. The van der Waals surface area contributed by atoms with E-state index in [9.17, 15) is 0 Å². The molecule has 1 fully saturated rings. The monoisotopic (exact) mass is 291 g/mol. The summed E-state index contributed by atoms with van der Waals surface area (Å²) in [6.45, 7) is 5.30. The van der Waals surface area contributed by atoms with E-state index in [0.717, 1.165) is 42.5 Å². The van der Waals surface area contributed by atoms with Gasteiger partial charge in [0.2, 0.25) is 5.95 Å². The Balaban J connectivity index is 1.82. The van der Waals surface area contributed by atoms with Gasteiger partial charge in [0.15, 0.2) is 5.82 Å². The van der Waals surface area contributed by atoms with Crippen LogP contribution >= 0.6 is 11.3 Å². The van der Waals surface area contributed by atoms with Gasteiger partial charge in [-0.3, -0.25) is 5.10 Å². The summed E-state index contributed by atoms with van der Waals surface area (Å²) in [5.74, 6) is 1.63. The van der Waals surface area contributed by atoms with E-state index >= 15 is 0 Å². The number of aromatic nitrogens is 3. The van der Waals surface area contributed by atoms with E-state index in [1.54, 1.807) is 11.3 Å². The Labute approximate surface area is 123 Å². The number of hydrogen-bond acceptors (Lipinski definition) is 5. The smallest absolute Gasteiger partial charge is 0.245 e. The molecule has 0 bridgehead atoms. The molecule has 3 N–H and O–H groups in total. The normalized spacial score (nSPS) is 23.2. The Hall–Kier alpha value is -1.40. The van der Waals surface area contributed by atoms with Crippen molar-refractivity contribution in [3.63, 3.8) is 0 Å². The van der Waals surface area contributed by atoms with Crippen LogP contribution in [-0.2, 0) is 6.42 Å². The van der Waals surface area contributed by atoms with E-state index in [2.05, 4.69) is 46.1 Å². The highest BCUT2D eigenvalue weighted by molar-refractivity contribution is 7.15. The van der Waals surface area contributed by atoms with Gasteiger partial charge in [-0.25, -0.2) is 0 Å². The molecule has 6 heteroatoms. The number of nitrogens with two attached hydrogens (primary N) is 1.